The highest BCUT2D eigenvalue weighted by atomic mass is 16.6. The van der Waals surface area contributed by atoms with Gasteiger partial charge >= 0.3 is 0 Å². The van der Waals surface area contributed by atoms with Gasteiger partial charge in [-0.25, -0.2) is 0 Å². The Morgan fingerprint density at radius 3 is 2.07 bits per heavy atom. The standard InChI is InChI=1S/C23H30N4O3/c1-17(28)26-23(2,3)22(24)27-30-16-21(29)25-15-14-20(18-10-6-4-7-11-18)19-12-8-5-9-13-19/h4-13,20H,14-16H2,1-3H3,(H2,24,27)(H,25,29)(H,26,28). The molecule has 2 amide bonds. The molecule has 0 saturated heterocycles. The summed E-state index contributed by atoms with van der Waals surface area (Å²) in [5.74, 6) is -0.259. The highest BCUT2D eigenvalue weighted by Crippen LogP contribution is 2.27. The Hall–Kier alpha value is -3.35. The molecule has 4 N–H and O–H groups in total. The second-order valence-corrected chi connectivity index (χ2v) is 7.57. The highest BCUT2D eigenvalue weighted by molar-refractivity contribution is 5.92. The molecular weight excluding hydrogens is 380 g/mol. The fourth-order valence-corrected chi connectivity index (χ4v) is 3.08. The minimum atomic E-state index is -0.860. The van der Waals surface area contributed by atoms with Crippen LogP contribution >= 0.6 is 0 Å². The Bertz CT molecular complexity index is 812. The number of hydrogen-bond acceptors (Lipinski definition) is 4. The molecule has 0 aliphatic heterocycles. The van der Waals surface area contributed by atoms with E-state index in [0.717, 1.165) is 6.42 Å². The number of oxime groups is 1. The molecule has 2 rings (SSSR count). The molecule has 2 aromatic carbocycles. The smallest absolute Gasteiger partial charge is 0.260 e. The summed E-state index contributed by atoms with van der Waals surface area (Å²) in [6.07, 6.45) is 0.751. The van der Waals surface area contributed by atoms with Crippen molar-refractivity contribution in [3.63, 3.8) is 0 Å². The second kappa shape index (κ2) is 11.0. The van der Waals surface area contributed by atoms with Gasteiger partial charge in [0.15, 0.2) is 12.4 Å². The Balaban J connectivity index is 1.86. The number of rotatable bonds is 10. The first-order valence-electron chi connectivity index (χ1n) is 9.91. The van der Waals surface area contributed by atoms with Gasteiger partial charge in [0.2, 0.25) is 5.91 Å². The monoisotopic (exact) mass is 410 g/mol. The maximum absolute atomic E-state index is 12.1. The number of benzene rings is 2. The largest absolute Gasteiger partial charge is 0.384 e. The highest BCUT2D eigenvalue weighted by Gasteiger charge is 2.24. The lowest BCUT2D eigenvalue weighted by atomic mass is 9.88. The molecule has 7 heteroatoms. The van der Waals surface area contributed by atoms with E-state index in [4.69, 9.17) is 10.6 Å². The third-order valence-electron chi connectivity index (χ3n) is 4.65. The van der Waals surface area contributed by atoms with Crippen molar-refractivity contribution < 1.29 is 14.4 Å². The van der Waals surface area contributed by atoms with Crippen molar-refractivity contribution in [2.75, 3.05) is 13.2 Å². The Labute approximate surface area is 177 Å². The summed E-state index contributed by atoms with van der Waals surface area (Å²) in [6.45, 7) is 5.03. The van der Waals surface area contributed by atoms with Crippen molar-refractivity contribution in [2.24, 2.45) is 10.9 Å². The van der Waals surface area contributed by atoms with E-state index < -0.39 is 5.54 Å². The Morgan fingerprint density at radius 1 is 1.03 bits per heavy atom. The van der Waals surface area contributed by atoms with Crippen LogP contribution in [0.4, 0.5) is 0 Å². The zero-order valence-corrected chi connectivity index (χ0v) is 17.7. The van der Waals surface area contributed by atoms with Crippen LogP contribution in [0, 0.1) is 0 Å². The van der Waals surface area contributed by atoms with Gasteiger partial charge in [-0.2, -0.15) is 0 Å². The second-order valence-electron chi connectivity index (χ2n) is 7.57. The lowest BCUT2D eigenvalue weighted by Gasteiger charge is -2.24. The molecule has 0 radical (unpaired) electrons. The lowest BCUT2D eigenvalue weighted by Crippen LogP contribution is -2.52. The van der Waals surface area contributed by atoms with Gasteiger partial charge in [0.05, 0.1) is 5.54 Å². The van der Waals surface area contributed by atoms with Crippen molar-refractivity contribution in [2.45, 2.75) is 38.6 Å². The maximum atomic E-state index is 12.1. The van der Waals surface area contributed by atoms with Crippen molar-refractivity contribution >= 4 is 17.6 Å². The molecule has 0 spiro atoms. The summed E-state index contributed by atoms with van der Waals surface area (Å²) in [6, 6.07) is 20.4. The molecule has 0 atom stereocenters. The van der Waals surface area contributed by atoms with Crippen LogP contribution in [0.5, 0.6) is 0 Å². The molecule has 7 nitrogen and oxygen atoms in total. The quantitative estimate of drug-likeness (QED) is 0.318. The number of hydrogen-bond donors (Lipinski definition) is 3. The van der Waals surface area contributed by atoms with E-state index >= 15 is 0 Å². The van der Waals surface area contributed by atoms with Gasteiger partial charge in [-0.05, 0) is 31.4 Å². The van der Waals surface area contributed by atoms with Crippen LogP contribution in [0.1, 0.15) is 44.2 Å². The number of nitrogens with zero attached hydrogens (tertiary/aromatic N) is 1. The number of nitrogens with one attached hydrogen (secondary N) is 2. The van der Waals surface area contributed by atoms with Gasteiger partial charge in [0.25, 0.3) is 5.91 Å². The maximum Gasteiger partial charge on any atom is 0.260 e. The topological polar surface area (TPSA) is 106 Å². The molecule has 0 fully saturated rings. The molecule has 0 aliphatic carbocycles. The van der Waals surface area contributed by atoms with Gasteiger partial charge in [-0.1, -0.05) is 65.8 Å². The molecule has 0 saturated carbocycles. The Kier molecular flexibility index (Phi) is 8.41. The minimum absolute atomic E-state index is 0.0821. The number of amidine groups is 1. The minimum Gasteiger partial charge on any atom is -0.384 e. The lowest BCUT2D eigenvalue weighted by molar-refractivity contribution is -0.125. The summed E-state index contributed by atoms with van der Waals surface area (Å²) in [5.41, 5.74) is 7.37. The first-order chi connectivity index (χ1) is 14.3. The van der Waals surface area contributed by atoms with Crippen LogP contribution in [0.2, 0.25) is 0 Å². The van der Waals surface area contributed by atoms with Crippen molar-refractivity contribution in [1.82, 2.24) is 10.6 Å². The van der Waals surface area contributed by atoms with Crippen molar-refractivity contribution in [1.29, 1.82) is 0 Å². The number of amides is 2. The summed E-state index contributed by atoms with van der Waals surface area (Å²) < 4.78 is 0. The van der Waals surface area contributed by atoms with E-state index in [2.05, 4.69) is 40.1 Å². The number of carbonyl (C=O) groups is 2. The SMILES string of the molecule is CC(=O)NC(C)(C)/C(N)=N/OCC(=O)NCCC(c1ccccc1)c1ccccc1. The van der Waals surface area contributed by atoms with E-state index in [1.165, 1.54) is 18.1 Å². The van der Waals surface area contributed by atoms with Crippen LogP contribution in [0.3, 0.4) is 0 Å². The van der Waals surface area contributed by atoms with Gasteiger partial charge < -0.3 is 21.2 Å². The zero-order valence-electron chi connectivity index (χ0n) is 17.7. The summed E-state index contributed by atoms with van der Waals surface area (Å²) in [7, 11) is 0. The summed E-state index contributed by atoms with van der Waals surface area (Å²) in [4.78, 5) is 28.3. The fourth-order valence-electron chi connectivity index (χ4n) is 3.08. The zero-order chi connectivity index (χ0) is 22.0. The van der Waals surface area contributed by atoms with Gasteiger partial charge in [0, 0.05) is 19.4 Å². The third kappa shape index (κ3) is 7.24. The molecule has 30 heavy (non-hydrogen) atoms. The average Bonchev–Trinajstić information content (AvgIpc) is 2.71. The van der Waals surface area contributed by atoms with E-state index in [1.807, 2.05) is 36.4 Å². The predicted octanol–water partition coefficient (Wildman–Crippen LogP) is 2.53. The molecular formula is C23H30N4O3. The first-order valence-corrected chi connectivity index (χ1v) is 9.91. The molecule has 0 aliphatic rings. The molecule has 0 aromatic heterocycles. The average molecular weight is 411 g/mol. The van der Waals surface area contributed by atoms with Crippen LogP contribution in [0.15, 0.2) is 65.8 Å². The van der Waals surface area contributed by atoms with E-state index in [1.54, 1.807) is 13.8 Å². The van der Waals surface area contributed by atoms with E-state index in [-0.39, 0.29) is 30.2 Å². The Morgan fingerprint density at radius 2 is 1.57 bits per heavy atom. The molecule has 0 heterocycles. The van der Waals surface area contributed by atoms with Crippen molar-refractivity contribution in [3.8, 4) is 0 Å². The number of carbonyl (C=O) groups excluding carboxylic acids is 2. The van der Waals surface area contributed by atoms with Gasteiger partial charge in [-0.3, -0.25) is 9.59 Å². The molecule has 160 valence electrons. The van der Waals surface area contributed by atoms with E-state index in [0.29, 0.717) is 6.54 Å². The van der Waals surface area contributed by atoms with Crippen LogP contribution in [0.25, 0.3) is 0 Å². The first kappa shape index (κ1) is 22.9. The normalized spacial score (nSPS) is 11.8. The van der Waals surface area contributed by atoms with Gasteiger partial charge in [-0.15, -0.1) is 0 Å². The summed E-state index contributed by atoms with van der Waals surface area (Å²) >= 11 is 0. The van der Waals surface area contributed by atoms with Crippen LogP contribution in [-0.4, -0.2) is 36.3 Å². The van der Waals surface area contributed by atoms with Gasteiger partial charge in [0.1, 0.15) is 0 Å². The van der Waals surface area contributed by atoms with Crippen LogP contribution < -0.4 is 16.4 Å². The molecule has 0 bridgehead atoms. The number of nitrogens with two attached hydrogens (primary N) is 1. The van der Waals surface area contributed by atoms with Crippen molar-refractivity contribution in [3.05, 3.63) is 71.8 Å². The van der Waals surface area contributed by atoms with E-state index in [9.17, 15) is 9.59 Å². The molecule has 0 unspecified atom stereocenters. The fraction of sp³-hybridized carbons (Fsp3) is 0.348. The predicted molar refractivity (Wildman–Crippen MR) is 118 cm³/mol. The molecule has 2 aromatic rings. The third-order valence-corrected chi connectivity index (χ3v) is 4.65. The van der Waals surface area contributed by atoms with Crippen LogP contribution in [-0.2, 0) is 14.4 Å². The summed E-state index contributed by atoms with van der Waals surface area (Å²) in [5, 5.41) is 9.26.